The summed E-state index contributed by atoms with van der Waals surface area (Å²) in [5.41, 5.74) is 3.00. The summed E-state index contributed by atoms with van der Waals surface area (Å²) in [7, 11) is -3.51. The van der Waals surface area contributed by atoms with Crippen LogP contribution >= 0.6 is 0 Å². The molecule has 0 saturated carbocycles. The number of rotatable bonds is 5. The highest BCUT2D eigenvalue weighted by Gasteiger charge is 2.26. The molecule has 1 saturated heterocycles. The monoisotopic (exact) mass is 397 g/mol. The first-order valence-electron chi connectivity index (χ1n) is 9.41. The Hall–Kier alpha value is -2.48. The molecule has 6 nitrogen and oxygen atoms in total. The topological polar surface area (TPSA) is 71.5 Å². The van der Waals surface area contributed by atoms with Gasteiger partial charge in [-0.05, 0) is 54.4 Å². The van der Waals surface area contributed by atoms with E-state index in [1.807, 2.05) is 24.3 Å². The third kappa shape index (κ3) is 3.87. The van der Waals surface area contributed by atoms with Crippen molar-refractivity contribution in [2.75, 3.05) is 31.6 Å². The van der Waals surface area contributed by atoms with Crippen molar-refractivity contribution in [3.8, 4) is 0 Å². The molecule has 28 heavy (non-hydrogen) atoms. The molecular formula is C21H23N3O3S. The van der Waals surface area contributed by atoms with E-state index in [0.29, 0.717) is 31.2 Å². The first kappa shape index (κ1) is 18.9. The van der Waals surface area contributed by atoms with Crippen molar-refractivity contribution < 1.29 is 13.2 Å². The van der Waals surface area contributed by atoms with Gasteiger partial charge in [0.1, 0.15) is 5.82 Å². The lowest BCUT2D eigenvalue weighted by Crippen LogP contribution is -2.40. The maximum atomic E-state index is 12.8. The van der Waals surface area contributed by atoms with Crippen LogP contribution in [0.15, 0.2) is 59.5 Å². The molecule has 0 radical (unpaired) electrons. The molecule has 3 aromatic rings. The van der Waals surface area contributed by atoms with Crippen LogP contribution in [-0.2, 0) is 21.2 Å². The number of aromatic nitrogens is 1. The van der Waals surface area contributed by atoms with Gasteiger partial charge in [0.05, 0.1) is 23.6 Å². The summed E-state index contributed by atoms with van der Waals surface area (Å²) in [6.45, 7) is 3.77. The van der Waals surface area contributed by atoms with Crippen LogP contribution in [0.4, 0.5) is 11.5 Å². The fourth-order valence-electron chi connectivity index (χ4n) is 3.24. The van der Waals surface area contributed by atoms with E-state index in [1.54, 1.807) is 18.2 Å². The average Bonchev–Trinajstić information content (AvgIpc) is 2.74. The van der Waals surface area contributed by atoms with Crippen LogP contribution in [0.2, 0.25) is 0 Å². The number of hydrogen-bond acceptors (Lipinski definition) is 5. The van der Waals surface area contributed by atoms with Crippen LogP contribution in [0.1, 0.15) is 12.5 Å². The SMILES string of the molecule is CCc1ccc(Nc2ccc3cc(S(=O)(=O)N4CCOCC4)ccc3n2)cc1. The minimum atomic E-state index is -3.51. The number of fused-ring (bicyclic) bond motifs is 1. The van der Waals surface area contributed by atoms with Crippen LogP contribution in [0.25, 0.3) is 10.9 Å². The minimum absolute atomic E-state index is 0.291. The molecule has 1 aromatic heterocycles. The molecule has 0 unspecified atom stereocenters. The quantitative estimate of drug-likeness (QED) is 0.713. The predicted octanol–water partition coefficient (Wildman–Crippen LogP) is 3.56. The first-order valence-corrected chi connectivity index (χ1v) is 10.8. The number of nitrogens with zero attached hydrogens (tertiary/aromatic N) is 2. The smallest absolute Gasteiger partial charge is 0.243 e. The Morgan fingerprint density at radius 1 is 1.04 bits per heavy atom. The number of ether oxygens (including phenoxy) is 1. The van der Waals surface area contributed by atoms with Gasteiger partial charge in [0.2, 0.25) is 10.0 Å². The average molecular weight is 398 g/mol. The molecule has 1 aliphatic heterocycles. The van der Waals surface area contributed by atoms with E-state index >= 15 is 0 Å². The Morgan fingerprint density at radius 2 is 1.79 bits per heavy atom. The fraction of sp³-hybridized carbons (Fsp3) is 0.286. The van der Waals surface area contributed by atoms with Gasteiger partial charge in [-0.1, -0.05) is 19.1 Å². The lowest BCUT2D eigenvalue weighted by atomic mass is 10.1. The van der Waals surface area contributed by atoms with Crippen molar-refractivity contribution in [1.82, 2.24) is 9.29 Å². The second-order valence-electron chi connectivity index (χ2n) is 6.74. The van der Waals surface area contributed by atoms with Crippen molar-refractivity contribution in [2.24, 2.45) is 0 Å². The van der Waals surface area contributed by atoms with E-state index in [4.69, 9.17) is 4.74 Å². The van der Waals surface area contributed by atoms with E-state index < -0.39 is 10.0 Å². The molecule has 146 valence electrons. The van der Waals surface area contributed by atoms with Gasteiger partial charge in [0.25, 0.3) is 0 Å². The van der Waals surface area contributed by atoms with E-state index in [2.05, 4.69) is 29.4 Å². The van der Waals surface area contributed by atoms with Crippen LogP contribution in [0, 0.1) is 0 Å². The second-order valence-corrected chi connectivity index (χ2v) is 8.68. The van der Waals surface area contributed by atoms with Gasteiger partial charge in [-0.3, -0.25) is 0 Å². The first-order chi connectivity index (χ1) is 13.6. The molecule has 0 spiro atoms. The van der Waals surface area contributed by atoms with E-state index in [-0.39, 0.29) is 0 Å². The zero-order valence-electron chi connectivity index (χ0n) is 15.8. The van der Waals surface area contributed by atoms with E-state index in [9.17, 15) is 8.42 Å². The van der Waals surface area contributed by atoms with Gasteiger partial charge in [0.15, 0.2) is 0 Å². The number of aryl methyl sites for hydroxylation is 1. The number of anilines is 2. The standard InChI is InChI=1S/C21H23N3O3S/c1-2-16-3-6-18(7-4-16)22-21-10-5-17-15-19(8-9-20(17)23-21)28(25,26)24-11-13-27-14-12-24/h3-10,15H,2,11-14H2,1H3,(H,22,23). The van der Waals surface area contributed by atoms with Gasteiger partial charge in [-0.15, -0.1) is 0 Å². The van der Waals surface area contributed by atoms with Gasteiger partial charge >= 0.3 is 0 Å². The Morgan fingerprint density at radius 3 is 2.50 bits per heavy atom. The van der Waals surface area contributed by atoms with E-state index in [1.165, 1.54) is 9.87 Å². The Kier molecular flexibility index (Phi) is 5.30. The largest absolute Gasteiger partial charge is 0.379 e. The predicted molar refractivity (Wildman–Crippen MR) is 110 cm³/mol. The highest BCUT2D eigenvalue weighted by molar-refractivity contribution is 7.89. The maximum absolute atomic E-state index is 12.8. The summed E-state index contributed by atoms with van der Waals surface area (Å²) < 4.78 is 32.4. The highest BCUT2D eigenvalue weighted by Crippen LogP contribution is 2.24. The zero-order chi connectivity index (χ0) is 19.6. The summed E-state index contributed by atoms with van der Waals surface area (Å²) in [6, 6.07) is 17.1. The molecule has 2 heterocycles. The summed E-state index contributed by atoms with van der Waals surface area (Å²) in [5.74, 6) is 0.723. The number of pyridine rings is 1. The molecule has 0 aliphatic carbocycles. The Bertz CT molecular complexity index is 1080. The molecule has 0 amide bonds. The molecule has 0 atom stereocenters. The molecule has 0 bridgehead atoms. The maximum Gasteiger partial charge on any atom is 0.243 e. The van der Waals surface area contributed by atoms with Gasteiger partial charge in [0, 0.05) is 24.2 Å². The van der Waals surface area contributed by atoms with Crippen molar-refractivity contribution in [1.29, 1.82) is 0 Å². The van der Waals surface area contributed by atoms with Crippen molar-refractivity contribution in [2.45, 2.75) is 18.2 Å². The third-order valence-corrected chi connectivity index (χ3v) is 6.80. The summed E-state index contributed by atoms with van der Waals surface area (Å²) >= 11 is 0. The van der Waals surface area contributed by atoms with Crippen LogP contribution in [-0.4, -0.2) is 44.0 Å². The van der Waals surface area contributed by atoms with Gasteiger partial charge in [-0.25, -0.2) is 13.4 Å². The number of nitrogens with one attached hydrogen (secondary N) is 1. The number of hydrogen-bond donors (Lipinski definition) is 1. The lowest BCUT2D eigenvalue weighted by molar-refractivity contribution is 0.0730. The molecular weight excluding hydrogens is 374 g/mol. The number of sulfonamides is 1. The molecule has 2 aromatic carbocycles. The van der Waals surface area contributed by atoms with Crippen LogP contribution in [0.3, 0.4) is 0 Å². The summed E-state index contributed by atoms with van der Waals surface area (Å²) in [4.78, 5) is 4.90. The third-order valence-electron chi connectivity index (χ3n) is 4.90. The van der Waals surface area contributed by atoms with Gasteiger partial charge in [-0.2, -0.15) is 4.31 Å². The lowest BCUT2D eigenvalue weighted by Gasteiger charge is -2.26. The molecule has 7 heteroatoms. The highest BCUT2D eigenvalue weighted by atomic mass is 32.2. The molecule has 1 N–H and O–H groups in total. The number of morpholine rings is 1. The summed E-state index contributed by atoms with van der Waals surface area (Å²) in [5, 5.41) is 4.09. The van der Waals surface area contributed by atoms with Gasteiger partial charge < -0.3 is 10.1 Å². The summed E-state index contributed by atoms with van der Waals surface area (Å²) in [6.07, 6.45) is 1.00. The van der Waals surface area contributed by atoms with E-state index in [0.717, 1.165) is 28.8 Å². The zero-order valence-corrected chi connectivity index (χ0v) is 16.6. The van der Waals surface area contributed by atoms with Crippen molar-refractivity contribution in [3.63, 3.8) is 0 Å². The second kappa shape index (κ2) is 7.87. The Labute approximate surface area is 165 Å². The van der Waals surface area contributed by atoms with Crippen LogP contribution in [0.5, 0.6) is 0 Å². The Balaban J connectivity index is 1.58. The minimum Gasteiger partial charge on any atom is -0.379 e. The van der Waals surface area contributed by atoms with Crippen LogP contribution < -0.4 is 5.32 Å². The van der Waals surface area contributed by atoms with Crippen molar-refractivity contribution in [3.05, 3.63) is 60.2 Å². The molecule has 4 rings (SSSR count). The number of benzene rings is 2. The molecule has 1 fully saturated rings. The fourth-order valence-corrected chi connectivity index (χ4v) is 4.69. The normalized spacial score (nSPS) is 15.6. The van der Waals surface area contributed by atoms with Crippen molar-refractivity contribution >= 4 is 32.4 Å². The molecule has 1 aliphatic rings.